The number of hydrogen-bond donors (Lipinski definition) is 1. The fourth-order valence-electron chi connectivity index (χ4n) is 2.06. The lowest BCUT2D eigenvalue weighted by atomic mass is 9.76. The van der Waals surface area contributed by atoms with Gasteiger partial charge >= 0.3 is 0 Å². The van der Waals surface area contributed by atoms with Gasteiger partial charge in [-0.2, -0.15) is 0 Å². The molecule has 0 amide bonds. The molecule has 0 spiro atoms. The lowest BCUT2D eigenvalue weighted by Crippen LogP contribution is -2.29. The van der Waals surface area contributed by atoms with Crippen molar-refractivity contribution in [2.45, 2.75) is 20.8 Å². The summed E-state index contributed by atoms with van der Waals surface area (Å²) >= 11 is 0. The first-order valence-corrected chi connectivity index (χ1v) is 5.46. The van der Waals surface area contributed by atoms with E-state index in [1.807, 2.05) is 0 Å². The van der Waals surface area contributed by atoms with E-state index in [9.17, 15) is 14.7 Å². The zero-order chi connectivity index (χ0) is 12.8. The van der Waals surface area contributed by atoms with Crippen molar-refractivity contribution in [1.29, 1.82) is 0 Å². The van der Waals surface area contributed by atoms with Crippen molar-refractivity contribution >= 4 is 11.6 Å². The maximum absolute atomic E-state index is 12.2. The first kappa shape index (κ1) is 11.6. The lowest BCUT2D eigenvalue weighted by molar-refractivity contribution is 0.0910. The maximum atomic E-state index is 12.2. The quantitative estimate of drug-likeness (QED) is 0.745. The van der Waals surface area contributed by atoms with Crippen molar-refractivity contribution in [1.82, 2.24) is 0 Å². The molecular formula is C14H14O3. The summed E-state index contributed by atoms with van der Waals surface area (Å²) in [5, 5.41) is 9.90. The van der Waals surface area contributed by atoms with E-state index < -0.39 is 17.0 Å². The predicted octanol–water partition coefficient (Wildman–Crippen LogP) is 2.92. The second-order valence-electron chi connectivity index (χ2n) is 5.18. The Balaban J connectivity index is 2.71. The van der Waals surface area contributed by atoms with E-state index in [2.05, 4.69) is 0 Å². The summed E-state index contributed by atoms with van der Waals surface area (Å²) in [6, 6.07) is 6.57. The molecule has 0 aromatic heterocycles. The van der Waals surface area contributed by atoms with Gasteiger partial charge in [0, 0.05) is 11.1 Å². The summed E-state index contributed by atoms with van der Waals surface area (Å²) in [5.41, 5.74) is 0.300. The molecule has 17 heavy (non-hydrogen) atoms. The van der Waals surface area contributed by atoms with E-state index in [-0.39, 0.29) is 16.9 Å². The minimum absolute atomic E-state index is 0.196. The van der Waals surface area contributed by atoms with Crippen molar-refractivity contribution in [3.8, 4) is 0 Å². The number of carbonyl (C=O) groups excluding carboxylic acids is 2. The number of allylic oxidation sites excluding steroid dienone is 2. The molecule has 1 aliphatic rings. The highest BCUT2D eigenvalue weighted by Gasteiger charge is 2.37. The highest BCUT2D eigenvalue weighted by atomic mass is 16.3. The Morgan fingerprint density at radius 3 is 1.88 bits per heavy atom. The van der Waals surface area contributed by atoms with Crippen LogP contribution in [0, 0.1) is 5.41 Å². The van der Waals surface area contributed by atoms with Gasteiger partial charge in [0.1, 0.15) is 0 Å². The number of ketones is 2. The summed E-state index contributed by atoms with van der Waals surface area (Å²) in [7, 11) is 0. The van der Waals surface area contributed by atoms with Gasteiger partial charge in [-0.1, -0.05) is 45.0 Å². The second kappa shape index (κ2) is 3.55. The van der Waals surface area contributed by atoms with Gasteiger partial charge in [0.25, 0.3) is 0 Å². The van der Waals surface area contributed by atoms with Gasteiger partial charge in [0.2, 0.25) is 5.78 Å². The highest BCUT2D eigenvalue weighted by molar-refractivity contribution is 6.26. The Kier molecular flexibility index (Phi) is 2.42. The minimum Gasteiger partial charge on any atom is -0.504 e. The highest BCUT2D eigenvalue weighted by Crippen LogP contribution is 2.35. The minimum atomic E-state index is -0.551. The number of rotatable bonds is 0. The van der Waals surface area contributed by atoms with Crippen LogP contribution >= 0.6 is 0 Å². The number of carbonyl (C=O) groups is 2. The van der Waals surface area contributed by atoms with E-state index in [0.29, 0.717) is 5.56 Å². The van der Waals surface area contributed by atoms with Gasteiger partial charge in [-0.25, -0.2) is 0 Å². The molecular weight excluding hydrogens is 216 g/mol. The van der Waals surface area contributed by atoms with Crippen LogP contribution in [0.25, 0.3) is 0 Å². The molecule has 88 valence electrons. The van der Waals surface area contributed by atoms with E-state index in [4.69, 9.17) is 0 Å². The van der Waals surface area contributed by atoms with Crippen LogP contribution in [0.15, 0.2) is 35.6 Å². The normalized spacial score (nSPS) is 16.2. The summed E-state index contributed by atoms with van der Waals surface area (Å²) in [6.07, 6.45) is 0. The van der Waals surface area contributed by atoms with Gasteiger partial charge in [-0.15, -0.1) is 0 Å². The van der Waals surface area contributed by atoms with Crippen molar-refractivity contribution < 1.29 is 14.7 Å². The van der Waals surface area contributed by atoms with E-state index >= 15 is 0 Å². The van der Waals surface area contributed by atoms with Gasteiger partial charge in [-0.05, 0) is 5.41 Å². The second-order valence-corrected chi connectivity index (χ2v) is 5.18. The van der Waals surface area contributed by atoms with Crippen LogP contribution in [0.5, 0.6) is 0 Å². The monoisotopic (exact) mass is 230 g/mol. The largest absolute Gasteiger partial charge is 0.504 e. The fraction of sp³-hybridized carbons (Fsp3) is 0.286. The fourth-order valence-corrected chi connectivity index (χ4v) is 2.06. The Morgan fingerprint density at radius 1 is 0.941 bits per heavy atom. The number of Topliss-reactive ketones (excluding diaryl/α,β-unsaturated/α-hetero) is 2. The maximum Gasteiger partial charge on any atom is 0.228 e. The third kappa shape index (κ3) is 1.68. The third-order valence-corrected chi connectivity index (χ3v) is 2.85. The molecule has 1 aliphatic carbocycles. The molecule has 0 unspecified atom stereocenters. The Morgan fingerprint density at radius 2 is 1.41 bits per heavy atom. The summed E-state index contributed by atoms with van der Waals surface area (Å²) in [5.74, 6) is -1.14. The first-order chi connectivity index (χ1) is 7.84. The van der Waals surface area contributed by atoms with Crippen molar-refractivity contribution in [3.05, 3.63) is 46.7 Å². The molecule has 0 bridgehead atoms. The van der Waals surface area contributed by atoms with Crippen LogP contribution in [0.1, 0.15) is 41.5 Å². The molecule has 3 heteroatoms. The molecule has 0 atom stereocenters. The number of hydrogen-bond acceptors (Lipinski definition) is 3. The zero-order valence-corrected chi connectivity index (χ0v) is 10.1. The first-order valence-electron chi connectivity index (χ1n) is 5.46. The van der Waals surface area contributed by atoms with Gasteiger partial charge in [0.15, 0.2) is 11.5 Å². The lowest BCUT2D eigenvalue weighted by Gasteiger charge is -2.26. The topological polar surface area (TPSA) is 54.4 Å². The molecule has 1 aromatic rings. The molecule has 1 aromatic carbocycles. The molecule has 0 fully saturated rings. The number of fused-ring (bicyclic) bond motifs is 1. The summed E-state index contributed by atoms with van der Waals surface area (Å²) < 4.78 is 0. The smallest absolute Gasteiger partial charge is 0.228 e. The molecule has 0 saturated carbocycles. The third-order valence-electron chi connectivity index (χ3n) is 2.85. The predicted molar refractivity (Wildman–Crippen MR) is 64.2 cm³/mol. The van der Waals surface area contributed by atoms with Crippen LogP contribution in [0.2, 0.25) is 0 Å². The Labute approximate surface area is 99.8 Å². The van der Waals surface area contributed by atoms with Crippen LogP contribution in [-0.2, 0) is 0 Å². The van der Waals surface area contributed by atoms with E-state index in [0.717, 1.165) is 0 Å². The molecule has 0 saturated heterocycles. The molecule has 2 rings (SSSR count). The van der Waals surface area contributed by atoms with Crippen LogP contribution in [-0.4, -0.2) is 16.7 Å². The molecule has 0 heterocycles. The Bertz CT molecular complexity index is 545. The Hall–Kier alpha value is -1.90. The van der Waals surface area contributed by atoms with Crippen molar-refractivity contribution in [2.75, 3.05) is 0 Å². The average molecular weight is 230 g/mol. The van der Waals surface area contributed by atoms with Crippen molar-refractivity contribution in [2.24, 2.45) is 5.41 Å². The zero-order valence-electron chi connectivity index (χ0n) is 10.1. The van der Waals surface area contributed by atoms with Crippen LogP contribution in [0.4, 0.5) is 0 Å². The molecule has 0 aliphatic heterocycles. The number of aliphatic hydroxyl groups is 1. The average Bonchev–Trinajstić information content (AvgIpc) is 2.24. The van der Waals surface area contributed by atoms with Crippen LogP contribution < -0.4 is 0 Å². The summed E-state index contributed by atoms with van der Waals surface area (Å²) in [4.78, 5) is 24.2. The standard InChI is InChI=1S/C14H14O3/c1-14(2,3)10-11(15)8-6-4-5-7-9(8)12(16)13(10)17/h4-7,17H,1-3H3. The number of aliphatic hydroxyl groups excluding tert-OH is 1. The molecule has 0 radical (unpaired) electrons. The molecule has 3 nitrogen and oxygen atoms in total. The SMILES string of the molecule is CC(C)(C)C1=C(O)C(=O)c2ccccc2C1=O. The van der Waals surface area contributed by atoms with E-state index in [1.165, 1.54) is 0 Å². The number of benzene rings is 1. The van der Waals surface area contributed by atoms with Gasteiger partial charge < -0.3 is 5.11 Å². The van der Waals surface area contributed by atoms with Gasteiger partial charge in [-0.3, -0.25) is 9.59 Å². The summed E-state index contributed by atoms with van der Waals surface area (Å²) in [6.45, 7) is 5.41. The van der Waals surface area contributed by atoms with Crippen LogP contribution in [0.3, 0.4) is 0 Å². The van der Waals surface area contributed by atoms with E-state index in [1.54, 1.807) is 45.0 Å². The molecule has 1 N–H and O–H groups in total. The van der Waals surface area contributed by atoms with Gasteiger partial charge in [0.05, 0.1) is 5.57 Å². The van der Waals surface area contributed by atoms with Crippen molar-refractivity contribution in [3.63, 3.8) is 0 Å².